The number of rotatable bonds is 4. The van der Waals surface area contributed by atoms with Gasteiger partial charge in [0.15, 0.2) is 6.29 Å². The summed E-state index contributed by atoms with van der Waals surface area (Å²) in [5.41, 5.74) is -3.29. The van der Waals surface area contributed by atoms with E-state index < -0.39 is 77.7 Å². The Labute approximate surface area is 240 Å². The molecule has 0 aromatic heterocycles. The van der Waals surface area contributed by atoms with Gasteiger partial charge in [0.2, 0.25) is 5.91 Å². The molecule has 0 bridgehead atoms. The highest BCUT2D eigenvalue weighted by atomic mass is 16.7. The summed E-state index contributed by atoms with van der Waals surface area (Å²) in [6.07, 6.45) is -5.44. The molecule has 2 heterocycles. The highest BCUT2D eigenvalue weighted by Gasteiger charge is 2.48. The molecule has 0 aromatic carbocycles. The van der Waals surface area contributed by atoms with Gasteiger partial charge in [0.05, 0.1) is 42.7 Å². The lowest BCUT2D eigenvalue weighted by molar-refractivity contribution is -0.299. The molecule has 14 atom stereocenters. The molecule has 0 spiro atoms. The summed E-state index contributed by atoms with van der Waals surface area (Å²) in [5, 5.41) is 59.3. The van der Waals surface area contributed by atoms with Gasteiger partial charge >= 0.3 is 0 Å². The molecule has 2 rings (SSSR count). The molecule has 1 amide bonds. The number of carbonyl (C=O) groups excluding carboxylic acids is 1. The fourth-order valence-electron chi connectivity index (χ4n) is 6.37. The van der Waals surface area contributed by atoms with Gasteiger partial charge in [-0.3, -0.25) is 4.79 Å². The lowest BCUT2D eigenvalue weighted by Crippen LogP contribution is -2.59. The first-order valence-electron chi connectivity index (χ1n) is 14.7. The molecule has 40 heavy (non-hydrogen) atoms. The third-order valence-corrected chi connectivity index (χ3v) is 8.96. The van der Waals surface area contributed by atoms with Crippen molar-refractivity contribution in [3.05, 3.63) is 0 Å². The average Bonchev–Trinajstić information content (AvgIpc) is 2.86. The second-order valence-electron chi connectivity index (χ2n) is 13.1. The SMILES string of the molecule is CCC1OC[C@@H](C)[C@H](O)[C@H](C)[C@@H](O[C@@H]2O[C@H](C)C[C@H](N(C)C)[C@H]2O)[C@](C)(O)C[C@@H](C)C(=O)N[C@H](C)[C@@H](O)C1(C)O. The molecule has 0 radical (unpaired) electrons. The van der Waals surface area contributed by atoms with E-state index in [9.17, 15) is 30.3 Å². The van der Waals surface area contributed by atoms with Gasteiger partial charge in [0.1, 0.15) is 17.8 Å². The highest BCUT2D eigenvalue weighted by Crippen LogP contribution is 2.36. The minimum absolute atomic E-state index is 0.0300. The minimum atomic E-state index is -1.67. The third kappa shape index (κ3) is 8.14. The van der Waals surface area contributed by atoms with E-state index in [1.54, 1.807) is 34.6 Å². The molecular formula is C29H56N2O9. The third-order valence-electron chi connectivity index (χ3n) is 8.96. The highest BCUT2D eigenvalue weighted by molar-refractivity contribution is 5.78. The number of hydrogen-bond donors (Lipinski definition) is 6. The molecule has 6 N–H and O–H groups in total. The summed E-state index contributed by atoms with van der Waals surface area (Å²) in [5.74, 6) is -2.23. The van der Waals surface area contributed by atoms with Crippen LogP contribution in [-0.2, 0) is 19.0 Å². The molecule has 0 aromatic rings. The Hall–Kier alpha value is -0.890. The van der Waals surface area contributed by atoms with Crippen molar-refractivity contribution in [3.8, 4) is 0 Å². The lowest BCUT2D eigenvalue weighted by atomic mass is 9.78. The molecule has 2 aliphatic heterocycles. The molecule has 0 aliphatic carbocycles. The number of nitrogens with one attached hydrogen (secondary N) is 1. The molecule has 2 saturated heterocycles. The summed E-state index contributed by atoms with van der Waals surface area (Å²) in [7, 11) is 3.74. The van der Waals surface area contributed by atoms with Crippen LogP contribution in [0.15, 0.2) is 0 Å². The summed E-state index contributed by atoms with van der Waals surface area (Å²) in [6.45, 7) is 13.7. The van der Waals surface area contributed by atoms with Crippen molar-refractivity contribution >= 4 is 5.91 Å². The number of aliphatic hydroxyl groups excluding tert-OH is 3. The van der Waals surface area contributed by atoms with Crippen LogP contribution in [0.3, 0.4) is 0 Å². The van der Waals surface area contributed by atoms with Crippen LogP contribution in [0.4, 0.5) is 0 Å². The largest absolute Gasteiger partial charge is 0.392 e. The van der Waals surface area contributed by atoms with E-state index in [-0.39, 0.29) is 25.2 Å². The normalized spacial score (nSPS) is 48.8. The van der Waals surface area contributed by atoms with Crippen LogP contribution in [-0.4, -0.2) is 123 Å². The monoisotopic (exact) mass is 576 g/mol. The van der Waals surface area contributed by atoms with E-state index >= 15 is 0 Å². The molecular weight excluding hydrogens is 520 g/mol. The Kier molecular flexibility index (Phi) is 12.4. The van der Waals surface area contributed by atoms with E-state index in [4.69, 9.17) is 14.2 Å². The Morgan fingerprint density at radius 2 is 1.65 bits per heavy atom. The summed E-state index contributed by atoms with van der Waals surface area (Å²) in [6, 6.07) is -1.04. The van der Waals surface area contributed by atoms with E-state index in [0.717, 1.165) is 0 Å². The number of amides is 1. The minimum Gasteiger partial charge on any atom is -0.392 e. The van der Waals surface area contributed by atoms with E-state index in [1.165, 1.54) is 6.92 Å². The first-order chi connectivity index (χ1) is 18.3. The van der Waals surface area contributed by atoms with Crippen molar-refractivity contribution < 1.29 is 44.5 Å². The predicted octanol–water partition coefficient (Wildman–Crippen LogP) is 0.633. The smallest absolute Gasteiger partial charge is 0.223 e. The Morgan fingerprint density at radius 1 is 1.05 bits per heavy atom. The van der Waals surface area contributed by atoms with Gasteiger partial charge in [-0.2, -0.15) is 0 Å². The first-order valence-corrected chi connectivity index (χ1v) is 14.7. The average molecular weight is 577 g/mol. The number of aliphatic hydroxyl groups is 5. The Morgan fingerprint density at radius 3 is 2.20 bits per heavy atom. The van der Waals surface area contributed by atoms with Gasteiger partial charge < -0.3 is 50.0 Å². The van der Waals surface area contributed by atoms with Crippen LogP contribution in [0.25, 0.3) is 0 Å². The van der Waals surface area contributed by atoms with Gasteiger partial charge in [0, 0.05) is 23.8 Å². The van der Waals surface area contributed by atoms with Gasteiger partial charge in [-0.05, 0) is 61.1 Å². The number of nitrogens with zero attached hydrogens (tertiary/aromatic N) is 1. The standard InChI is InChI=1S/C29H56N2O9/c1-11-21-29(8,37)24(34)19(6)30-26(35)15(2)13-28(7,36)25(18(5)22(32)16(3)14-38-21)40-27-23(33)20(31(9)10)12-17(4)39-27/h15-25,27,32-34,36-37H,11-14H2,1-10H3,(H,30,35)/t15-,16-,17-,18+,19-,20+,21?,22+,23-,24-,25-,27+,28-,29?/m1/s1. The molecule has 236 valence electrons. The number of ether oxygens (including phenoxy) is 3. The van der Waals surface area contributed by atoms with Crippen molar-refractivity contribution in [2.45, 2.75) is 141 Å². The Balaban J connectivity index is 2.47. The zero-order valence-electron chi connectivity index (χ0n) is 26.1. The van der Waals surface area contributed by atoms with Crippen LogP contribution < -0.4 is 5.32 Å². The molecule has 2 aliphatic rings. The van der Waals surface area contributed by atoms with Gasteiger partial charge in [0.25, 0.3) is 0 Å². The molecule has 0 saturated carbocycles. The van der Waals surface area contributed by atoms with Gasteiger partial charge in [-0.25, -0.2) is 0 Å². The molecule has 2 unspecified atom stereocenters. The molecule has 11 nitrogen and oxygen atoms in total. The first kappa shape index (κ1) is 35.3. The fourth-order valence-corrected chi connectivity index (χ4v) is 6.37. The van der Waals surface area contributed by atoms with Crippen LogP contribution in [0.2, 0.25) is 0 Å². The number of likely N-dealkylation sites (N-methyl/N-ethyl adjacent to an activating group) is 1. The summed E-state index contributed by atoms with van der Waals surface area (Å²) < 4.78 is 18.4. The van der Waals surface area contributed by atoms with Crippen LogP contribution in [0.5, 0.6) is 0 Å². The van der Waals surface area contributed by atoms with E-state index in [0.29, 0.717) is 12.8 Å². The maximum atomic E-state index is 13.2. The van der Waals surface area contributed by atoms with Crippen molar-refractivity contribution in [1.29, 1.82) is 0 Å². The topological polar surface area (TPSA) is 161 Å². The fraction of sp³-hybridized carbons (Fsp3) is 0.966. The van der Waals surface area contributed by atoms with E-state index in [2.05, 4.69) is 5.32 Å². The van der Waals surface area contributed by atoms with Crippen LogP contribution in [0.1, 0.15) is 74.7 Å². The van der Waals surface area contributed by atoms with Crippen LogP contribution in [0, 0.1) is 17.8 Å². The second-order valence-corrected chi connectivity index (χ2v) is 13.1. The summed E-state index contributed by atoms with van der Waals surface area (Å²) >= 11 is 0. The quantitative estimate of drug-likeness (QED) is 0.280. The van der Waals surface area contributed by atoms with Crippen molar-refractivity contribution in [3.63, 3.8) is 0 Å². The number of carbonyl (C=O) groups is 1. The van der Waals surface area contributed by atoms with Gasteiger partial charge in [-0.15, -0.1) is 0 Å². The maximum Gasteiger partial charge on any atom is 0.223 e. The summed E-state index contributed by atoms with van der Waals surface area (Å²) in [4.78, 5) is 15.1. The molecule has 2 fully saturated rings. The van der Waals surface area contributed by atoms with Crippen LogP contribution >= 0.6 is 0 Å². The van der Waals surface area contributed by atoms with Crippen molar-refractivity contribution in [1.82, 2.24) is 10.2 Å². The maximum absolute atomic E-state index is 13.2. The zero-order valence-corrected chi connectivity index (χ0v) is 26.1. The van der Waals surface area contributed by atoms with Crippen molar-refractivity contribution in [2.24, 2.45) is 17.8 Å². The molecule has 11 heteroatoms. The Bertz CT molecular complexity index is 810. The predicted molar refractivity (Wildman–Crippen MR) is 150 cm³/mol. The number of hydrogen-bond acceptors (Lipinski definition) is 10. The van der Waals surface area contributed by atoms with Crippen molar-refractivity contribution in [2.75, 3.05) is 20.7 Å². The van der Waals surface area contributed by atoms with Gasteiger partial charge in [-0.1, -0.05) is 27.7 Å². The lowest BCUT2D eigenvalue weighted by Gasteiger charge is -2.46. The van der Waals surface area contributed by atoms with E-state index in [1.807, 2.05) is 32.8 Å². The second kappa shape index (κ2) is 14.1. The zero-order chi connectivity index (χ0) is 30.7.